The number of benzene rings is 1. The van der Waals surface area contributed by atoms with Crippen LogP contribution in [0.5, 0.6) is 0 Å². The van der Waals surface area contributed by atoms with E-state index in [1.165, 1.54) is 0 Å². The number of hydrogen-bond donors (Lipinski definition) is 6. The summed E-state index contributed by atoms with van der Waals surface area (Å²) in [6.07, 6.45) is 0. The third-order valence-corrected chi connectivity index (χ3v) is 2.86. The van der Waals surface area contributed by atoms with Gasteiger partial charge in [0.15, 0.2) is 0 Å². The molecule has 0 saturated carbocycles. The van der Waals surface area contributed by atoms with Gasteiger partial charge in [0.2, 0.25) is 0 Å². The molecule has 9 heteroatoms. The lowest BCUT2D eigenvalue weighted by atomic mass is 10.2. The van der Waals surface area contributed by atoms with Gasteiger partial charge in [-0.3, -0.25) is 4.55 Å². The van der Waals surface area contributed by atoms with Crippen LogP contribution in [-0.2, 0) is 10.1 Å². The normalized spacial score (nSPS) is 11.5. The molecule has 84 valence electrons. The van der Waals surface area contributed by atoms with Gasteiger partial charge >= 0.3 is 0 Å². The third-order valence-electron chi connectivity index (χ3n) is 1.91. The zero-order chi connectivity index (χ0) is 12.0. The molecular weight excluding hydrogens is 222 g/mol. The van der Waals surface area contributed by atoms with Crippen LogP contribution in [0.15, 0.2) is 4.90 Å². The summed E-state index contributed by atoms with van der Waals surface area (Å²) >= 11 is 0. The molecule has 0 unspecified atom stereocenters. The van der Waals surface area contributed by atoms with Crippen molar-refractivity contribution in [3.63, 3.8) is 0 Å². The van der Waals surface area contributed by atoms with Crippen LogP contribution in [-0.4, -0.2) is 13.0 Å². The van der Waals surface area contributed by atoms with Gasteiger partial charge in [-0.25, -0.2) is 0 Å². The van der Waals surface area contributed by atoms with Crippen LogP contribution in [0.2, 0.25) is 0 Å². The molecule has 0 radical (unpaired) electrons. The topological polar surface area (TPSA) is 184 Å². The third kappa shape index (κ3) is 1.57. The van der Waals surface area contributed by atoms with Crippen molar-refractivity contribution in [1.82, 2.24) is 0 Å². The van der Waals surface area contributed by atoms with E-state index in [1.54, 1.807) is 0 Å². The van der Waals surface area contributed by atoms with Crippen LogP contribution in [0.25, 0.3) is 0 Å². The SMILES string of the molecule is Nc1c(N)c(N)c(S(=O)(=O)O)c(N)c1N. The molecule has 0 aliphatic carbocycles. The van der Waals surface area contributed by atoms with Crippen LogP contribution in [0.3, 0.4) is 0 Å². The highest BCUT2D eigenvalue weighted by Gasteiger charge is 2.24. The van der Waals surface area contributed by atoms with E-state index < -0.39 is 26.4 Å². The Morgan fingerprint density at radius 2 is 1.00 bits per heavy atom. The molecule has 1 aromatic rings. The van der Waals surface area contributed by atoms with E-state index in [9.17, 15) is 8.42 Å². The van der Waals surface area contributed by atoms with Gasteiger partial charge in [0.1, 0.15) is 4.90 Å². The van der Waals surface area contributed by atoms with E-state index >= 15 is 0 Å². The quantitative estimate of drug-likeness (QED) is 0.259. The van der Waals surface area contributed by atoms with Gasteiger partial charge in [0.25, 0.3) is 10.1 Å². The molecule has 0 spiro atoms. The minimum Gasteiger partial charge on any atom is -0.396 e. The molecule has 11 N–H and O–H groups in total. The maximum absolute atomic E-state index is 10.9. The van der Waals surface area contributed by atoms with Crippen molar-refractivity contribution >= 4 is 38.6 Å². The molecule has 0 aliphatic heterocycles. The maximum Gasteiger partial charge on any atom is 0.298 e. The minimum absolute atomic E-state index is 0.114. The molecule has 0 atom stereocenters. The second-order valence-corrected chi connectivity index (χ2v) is 4.23. The first-order chi connectivity index (χ1) is 6.68. The lowest BCUT2D eigenvalue weighted by Crippen LogP contribution is -2.14. The zero-order valence-electron chi connectivity index (χ0n) is 7.56. The van der Waals surface area contributed by atoms with E-state index in [2.05, 4.69) is 0 Å². The van der Waals surface area contributed by atoms with Gasteiger partial charge in [-0.05, 0) is 0 Å². The number of anilines is 5. The predicted octanol–water partition coefficient (Wildman–Crippen LogP) is -1.16. The molecule has 0 bridgehead atoms. The fourth-order valence-corrected chi connectivity index (χ4v) is 1.88. The van der Waals surface area contributed by atoms with Crippen molar-refractivity contribution in [3.8, 4) is 0 Å². The summed E-state index contributed by atoms with van der Waals surface area (Å²) in [4.78, 5) is -0.716. The molecule has 0 heterocycles. The Hall–Kier alpha value is -1.87. The summed E-state index contributed by atoms with van der Waals surface area (Å²) in [5.41, 5.74) is 25.5. The van der Waals surface area contributed by atoms with E-state index in [0.717, 1.165) is 0 Å². The smallest absolute Gasteiger partial charge is 0.298 e. The first kappa shape index (κ1) is 11.2. The number of hydrogen-bond acceptors (Lipinski definition) is 7. The van der Waals surface area contributed by atoms with Gasteiger partial charge in [0, 0.05) is 0 Å². The van der Waals surface area contributed by atoms with Gasteiger partial charge in [-0.2, -0.15) is 8.42 Å². The predicted molar refractivity (Wildman–Crippen MR) is 58.3 cm³/mol. The minimum atomic E-state index is -4.59. The van der Waals surface area contributed by atoms with Crippen LogP contribution >= 0.6 is 0 Å². The van der Waals surface area contributed by atoms with E-state index in [0.29, 0.717) is 0 Å². The summed E-state index contributed by atoms with van der Waals surface area (Å²) in [7, 11) is -4.59. The van der Waals surface area contributed by atoms with Crippen LogP contribution in [0, 0.1) is 0 Å². The Labute approximate surface area is 85.8 Å². The molecule has 1 rings (SSSR count). The Morgan fingerprint density at radius 1 is 0.733 bits per heavy atom. The second kappa shape index (κ2) is 3.07. The second-order valence-electron chi connectivity index (χ2n) is 2.87. The van der Waals surface area contributed by atoms with Gasteiger partial charge in [-0.1, -0.05) is 0 Å². The molecule has 0 fully saturated rings. The van der Waals surface area contributed by atoms with Gasteiger partial charge in [-0.15, -0.1) is 0 Å². The highest BCUT2D eigenvalue weighted by molar-refractivity contribution is 7.86. The zero-order valence-corrected chi connectivity index (χ0v) is 8.38. The Kier molecular flexibility index (Phi) is 2.29. The number of nitrogen functional groups attached to an aromatic ring is 5. The molecule has 8 nitrogen and oxygen atoms in total. The average Bonchev–Trinajstić information content (AvgIpc) is 2.09. The van der Waals surface area contributed by atoms with Crippen molar-refractivity contribution in [3.05, 3.63) is 0 Å². The van der Waals surface area contributed by atoms with Crippen molar-refractivity contribution in [2.75, 3.05) is 28.7 Å². The molecule has 0 amide bonds. The highest BCUT2D eigenvalue weighted by atomic mass is 32.2. The molecule has 0 aliphatic rings. The number of rotatable bonds is 1. The average molecular weight is 233 g/mol. The first-order valence-corrected chi connectivity index (χ1v) is 5.10. The summed E-state index contributed by atoms with van der Waals surface area (Å²) in [5, 5.41) is 0. The standard InChI is InChI=1S/C6H11N5O3S/c7-1-2(8)4(10)6(15(12,13)14)5(11)3(1)9/h7-11H2,(H,12,13,14). The summed E-state index contributed by atoms with van der Waals surface area (Å²) in [5.74, 6) is 0. The maximum atomic E-state index is 10.9. The lowest BCUT2D eigenvalue weighted by Gasteiger charge is -2.14. The summed E-state index contributed by atoms with van der Waals surface area (Å²) in [6.45, 7) is 0. The highest BCUT2D eigenvalue weighted by Crippen LogP contribution is 2.40. The lowest BCUT2D eigenvalue weighted by molar-refractivity contribution is 0.484. The molecule has 0 aromatic heterocycles. The van der Waals surface area contributed by atoms with E-state index in [-0.39, 0.29) is 17.1 Å². The molecule has 1 aromatic carbocycles. The largest absolute Gasteiger partial charge is 0.396 e. The van der Waals surface area contributed by atoms with Gasteiger partial charge < -0.3 is 28.7 Å². The van der Waals surface area contributed by atoms with Crippen molar-refractivity contribution < 1.29 is 13.0 Å². The molecule has 15 heavy (non-hydrogen) atoms. The van der Waals surface area contributed by atoms with Gasteiger partial charge in [0.05, 0.1) is 28.4 Å². The van der Waals surface area contributed by atoms with Crippen molar-refractivity contribution in [2.45, 2.75) is 4.90 Å². The first-order valence-electron chi connectivity index (χ1n) is 3.66. The number of nitrogens with two attached hydrogens (primary N) is 5. The fraction of sp³-hybridized carbons (Fsp3) is 0. The van der Waals surface area contributed by atoms with Crippen LogP contribution in [0.4, 0.5) is 28.4 Å². The summed E-state index contributed by atoms with van der Waals surface area (Å²) < 4.78 is 30.7. The monoisotopic (exact) mass is 233 g/mol. The Morgan fingerprint density at radius 3 is 1.27 bits per heavy atom. The fourth-order valence-electron chi connectivity index (χ4n) is 1.10. The van der Waals surface area contributed by atoms with Crippen LogP contribution in [0.1, 0.15) is 0 Å². The van der Waals surface area contributed by atoms with Crippen LogP contribution < -0.4 is 28.7 Å². The van der Waals surface area contributed by atoms with Crippen molar-refractivity contribution in [2.24, 2.45) is 0 Å². The Balaban J connectivity index is 3.84. The van der Waals surface area contributed by atoms with E-state index in [1.807, 2.05) is 0 Å². The van der Waals surface area contributed by atoms with E-state index in [4.69, 9.17) is 33.2 Å². The Bertz CT molecular complexity index is 495. The molecular formula is C6H11N5O3S. The molecule has 0 saturated heterocycles. The van der Waals surface area contributed by atoms with Crippen molar-refractivity contribution in [1.29, 1.82) is 0 Å². The summed E-state index contributed by atoms with van der Waals surface area (Å²) in [6, 6.07) is 0.